The van der Waals surface area contributed by atoms with E-state index in [1.807, 2.05) is 30.0 Å². The van der Waals surface area contributed by atoms with Gasteiger partial charge >= 0.3 is 0 Å². The van der Waals surface area contributed by atoms with Gasteiger partial charge in [0.05, 0.1) is 11.4 Å². The van der Waals surface area contributed by atoms with E-state index in [0.29, 0.717) is 4.75 Å². The highest BCUT2D eigenvalue weighted by atomic mass is 79.9. The molecule has 1 aromatic carbocycles. The van der Waals surface area contributed by atoms with Crippen molar-refractivity contribution >= 4 is 39.1 Å². The molecule has 0 spiro atoms. The average molecular weight is 287 g/mol. The molecule has 0 atom stereocenters. The number of thioether (sulfide) groups is 1. The SMILES string of the molecule is CSC1(CNc2cc(Br)ccc2N)CC1. The zero-order chi connectivity index (χ0) is 10.9. The van der Waals surface area contributed by atoms with Crippen molar-refractivity contribution in [2.75, 3.05) is 23.9 Å². The zero-order valence-corrected chi connectivity index (χ0v) is 11.1. The summed E-state index contributed by atoms with van der Waals surface area (Å²) in [4.78, 5) is 0. The maximum atomic E-state index is 5.89. The number of nitrogens with one attached hydrogen (secondary N) is 1. The quantitative estimate of drug-likeness (QED) is 0.834. The molecule has 2 rings (SSSR count). The Bertz CT molecular complexity index is 364. The second kappa shape index (κ2) is 4.26. The normalized spacial score (nSPS) is 17.5. The minimum absolute atomic E-state index is 0.467. The number of rotatable bonds is 4. The number of benzene rings is 1. The van der Waals surface area contributed by atoms with Gasteiger partial charge in [0.15, 0.2) is 0 Å². The standard InChI is InChI=1S/C11H15BrN2S/c1-15-11(4-5-11)7-14-10-6-8(12)2-3-9(10)13/h2-3,6,14H,4-5,7,13H2,1H3. The van der Waals surface area contributed by atoms with Crippen molar-refractivity contribution < 1.29 is 0 Å². The van der Waals surface area contributed by atoms with E-state index in [2.05, 4.69) is 27.5 Å². The van der Waals surface area contributed by atoms with Crippen molar-refractivity contribution in [2.24, 2.45) is 0 Å². The number of halogens is 1. The van der Waals surface area contributed by atoms with E-state index in [1.54, 1.807) is 0 Å². The Hall–Kier alpha value is -0.350. The third-order valence-electron chi connectivity index (χ3n) is 2.86. The summed E-state index contributed by atoms with van der Waals surface area (Å²) in [6, 6.07) is 5.92. The van der Waals surface area contributed by atoms with E-state index < -0.39 is 0 Å². The molecule has 15 heavy (non-hydrogen) atoms. The van der Waals surface area contributed by atoms with Gasteiger partial charge in [-0.15, -0.1) is 0 Å². The van der Waals surface area contributed by atoms with Gasteiger partial charge in [-0.05, 0) is 37.3 Å². The Morgan fingerprint density at radius 2 is 2.27 bits per heavy atom. The molecule has 0 bridgehead atoms. The van der Waals surface area contributed by atoms with Gasteiger partial charge in [-0.25, -0.2) is 0 Å². The molecule has 0 radical (unpaired) electrons. The Kier molecular flexibility index (Phi) is 3.16. The van der Waals surface area contributed by atoms with Crippen LogP contribution in [0.15, 0.2) is 22.7 Å². The molecule has 1 fully saturated rings. The molecule has 0 amide bonds. The maximum Gasteiger partial charge on any atom is 0.0585 e. The van der Waals surface area contributed by atoms with Crippen LogP contribution >= 0.6 is 27.7 Å². The van der Waals surface area contributed by atoms with E-state index in [-0.39, 0.29) is 0 Å². The van der Waals surface area contributed by atoms with Gasteiger partial charge in [-0.1, -0.05) is 15.9 Å². The van der Waals surface area contributed by atoms with Crippen molar-refractivity contribution in [1.29, 1.82) is 0 Å². The Balaban J connectivity index is 2.01. The molecule has 82 valence electrons. The minimum Gasteiger partial charge on any atom is -0.397 e. The summed E-state index contributed by atoms with van der Waals surface area (Å²) >= 11 is 5.40. The molecule has 0 aromatic heterocycles. The van der Waals surface area contributed by atoms with Gasteiger partial charge in [-0.3, -0.25) is 0 Å². The van der Waals surface area contributed by atoms with Crippen molar-refractivity contribution in [3.05, 3.63) is 22.7 Å². The van der Waals surface area contributed by atoms with Gasteiger partial charge in [0.1, 0.15) is 0 Å². The number of hydrogen-bond acceptors (Lipinski definition) is 3. The van der Waals surface area contributed by atoms with Gasteiger partial charge < -0.3 is 11.1 Å². The van der Waals surface area contributed by atoms with Gasteiger partial charge in [0.2, 0.25) is 0 Å². The molecule has 1 aliphatic rings. The number of anilines is 2. The van der Waals surface area contributed by atoms with Crippen LogP contribution in [-0.4, -0.2) is 17.5 Å². The molecule has 0 aliphatic heterocycles. The van der Waals surface area contributed by atoms with Crippen LogP contribution in [-0.2, 0) is 0 Å². The monoisotopic (exact) mass is 286 g/mol. The first-order valence-corrected chi connectivity index (χ1v) is 7.01. The van der Waals surface area contributed by atoms with E-state index in [9.17, 15) is 0 Å². The summed E-state index contributed by atoms with van der Waals surface area (Å²) in [5, 5.41) is 3.43. The first kappa shape index (κ1) is 11.1. The van der Waals surface area contributed by atoms with Crippen LogP contribution in [0.2, 0.25) is 0 Å². The van der Waals surface area contributed by atoms with Crippen LogP contribution in [0.3, 0.4) is 0 Å². The van der Waals surface area contributed by atoms with E-state index in [1.165, 1.54) is 12.8 Å². The Morgan fingerprint density at radius 3 is 2.87 bits per heavy atom. The Labute approximate surface area is 103 Å². The first-order valence-electron chi connectivity index (χ1n) is 4.99. The van der Waals surface area contributed by atoms with Gasteiger partial charge in [-0.2, -0.15) is 11.8 Å². The second-order valence-corrected chi connectivity index (χ2v) is 6.16. The lowest BCUT2D eigenvalue weighted by Crippen LogP contribution is -2.18. The molecule has 1 saturated carbocycles. The fourth-order valence-electron chi connectivity index (χ4n) is 1.53. The maximum absolute atomic E-state index is 5.89. The second-order valence-electron chi connectivity index (χ2n) is 3.97. The lowest BCUT2D eigenvalue weighted by Gasteiger charge is -2.15. The molecular formula is C11H15BrN2S. The van der Waals surface area contributed by atoms with Crippen molar-refractivity contribution in [1.82, 2.24) is 0 Å². The number of hydrogen-bond donors (Lipinski definition) is 2. The summed E-state index contributed by atoms with van der Waals surface area (Å²) in [5.74, 6) is 0. The van der Waals surface area contributed by atoms with Crippen molar-refractivity contribution in [3.63, 3.8) is 0 Å². The van der Waals surface area contributed by atoms with Gasteiger partial charge in [0.25, 0.3) is 0 Å². The lowest BCUT2D eigenvalue weighted by atomic mass is 10.2. The molecule has 3 N–H and O–H groups in total. The lowest BCUT2D eigenvalue weighted by molar-refractivity contribution is 0.950. The summed E-state index contributed by atoms with van der Waals surface area (Å²) < 4.78 is 1.53. The highest BCUT2D eigenvalue weighted by Crippen LogP contribution is 2.47. The number of nitrogens with two attached hydrogens (primary N) is 1. The van der Waals surface area contributed by atoms with Crippen LogP contribution in [0.1, 0.15) is 12.8 Å². The van der Waals surface area contributed by atoms with Crippen LogP contribution in [0, 0.1) is 0 Å². The first-order chi connectivity index (χ1) is 7.15. The van der Waals surface area contributed by atoms with Crippen LogP contribution in [0.25, 0.3) is 0 Å². The predicted molar refractivity (Wildman–Crippen MR) is 72.5 cm³/mol. The molecule has 0 saturated heterocycles. The minimum atomic E-state index is 0.467. The average Bonchev–Trinajstić information content (AvgIpc) is 3.00. The fraction of sp³-hybridized carbons (Fsp3) is 0.455. The molecule has 4 heteroatoms. The molecule has 0 heterocycles. The van der Waals surface area contributed by atoms with Crippen LogP contribution in [0.4, 0.5) is 11.4 Å². The third-order valence-corrected chi connectivity index (χ3v) is 4.77. The largest absolute Gasteiger partial charge is 0.397 e. The van der Waals surface area contributed by atoms with E-state index in [0.717, 1.165) is 22.4 Å². The smallest absolute Gasteiger partial charge is 0.0585 e. The van der Waals surface area contributed by atoms with Crippen molar-refractivity contribution in [3.8, 4) is 0 Å². The third kappa shape index (κ3) is 2.61. The predicted octanol–water partition coefficient (Wildman–Crippen LogP) is 3.34. The summed E-state index contributed by atoms with van der Waals surface area (Å²) in [7, 11) is 0. The number of nitrogen functional groups attached to an aromatic ring is 1. The molecule has 1 aromatic rings. The highest BCUT2D eigenvalue weighted by molar-refractivity contribution is 9.10. The highest BCUT2D eigenvalue weighted by Gasteiger charge is 2.41. The summed E-state index contributed by atoms with van der Waals surface area (Å²) in [6.07, 6.45) is 4.81. The zero-order valence-electron chi connectivity index (χ0n) is 8.72. The van der Waals surface area contributed by atoms with E-state index >= 15 is 0 Å². The van der Waals surface area contributed by atoms with Crippen LogP contribution < -0.4 is 11.1 Å². The Morgan fingerprint density at radius 1 is 1.53 bits per heavy atom. The summed E-state index contributed by atoms with van der Waals surface area (Å²) in [5.41, 5.74) is 7.74. The topological polar surface area (TPSA) is 38.0 Å². The molecule has 1 aliphatic carbocycles. The fourth-order valence-corrected chi connectivity index (χ4v) is 2.62. The van der Waals surface area contributed by atoms with Crippen molar-refractivity contribution in [2.45, 2.75) is 17.6 Å². The van der Waals surface area contributed by atoms with Gasteiger partial charge in [0, 0.05) is 15.8 Å². The molecule has 0 unspecified atom stereocenters. The van der Waals surface area contributed by atoms with E-state index in [4.69, 9.17) is 5.73 Å². The molecular weight excluding hydrogens is 272 g/mol. The van der Waals surface area contributed by atoms with Crippen LogP contribution in [0.5, 0.6) is 0 Å². The summed E-state index contributed by atoms with van der Waals surface area (Å²) in [6.45, 7) is 1.01. The molecule has 2 nitrogen and oxygen atoms in total.